The molecule has 0 unspecified atom stereocenters. The largest absolute Gasteiger partial charge is 0.335 e. The topological polar surface area (TPSA) is 81.3 Å². The molecule has 0 spiro atoms. The summed E-state index contributed by atoms with van der Waals surface area (Å²) in [5.41, 5.74) is 3.99. The zero-order valence-corrected chi connectivity index (χ0v) is 18.0. The first-order valence-corrected chi connectivity index (χ1v) is 10.6. The van der Waals surface area contributed by atoms with Crippen LogP contribution in [-0.2, 0) is 4.79 Å². The first-order chi connectivity index (χ1) is 15.0. The van der Waals surface area contributed by atoms with Crippen molar-refractivity contribution in [2.24, 2.45) is 0 Å². The maximum atomic E-state index is 12.8. The van der Waals surface area contributed by atoms with E-state index >= 15 is 0 Å². The molecule has 0 radical (unpaired) electrons. The summed E-state index contributed by atoms with van der Waals surface area (Å²) in [7, 11) is 0. The Bertz CT molecular complexity index is 1050. The number of hydrogen-bond acceptors (Lipinski definition) is 4. The van der Waals surface area contributed by atoms with Gasteiger partial charge in [0.25, 0.3) is 5.91 Å². The Labute approximate surface area is 186 Å². The Morgan fingerprint density at radius 2 is 1.71 bits per heavy atom. The molecule has 2 aromatic carbocycles. The van der Waals surface area contributed by atoms with Crippen molar-refractivity contribution in [3.63, 3.8) is 0 Å². The second-order valence-electron chi connectivity index (χ2n) is 7.66. The molecule has 1 fully saturated rings. The number of anilines is 1. The van der Waals surface area contributed by atoms with Gasteiger partial charge in [0.15, 0.2) is 0 Å². The third-order valence-electron chi connectivity index (χ3n) is 5.31. The fraction of sp³-hybridized carbons (Fsp3) is 0.261. The van der Waals surface area contributed by atoms with E-state index in [2.05, 4.69) is 20.4 Å². The van der Waals surface area contributed by atoms with Gasteiger partial charge in [0.05, 0.1) is 12.2 Å². The molecule has 0 aliphatic carbocycles. The van der Waals surface area contributed by atoms with Gasteiger partial charge in [-0.15, -0.1) is 0 Å². The molecule has 31 heavy (non-hydrogen) atoms. The molecule has 1 aliphatic rings. The minimum atomic E-state index is -0.0866. The van der Waals surface area contributed by atoms with E-state index in [0.717, 1.165) is 16.8 Å². The van der Waals surface area contributed by atoms with E-state index in [1.165, 1.54) is 0 Å². The number of aromatic amines is 1. The zero-order valence-electron chi connectivity index (χ0n) is 17.3. The molecule has 7 nitrogen and oxygen atoms in total. The van der Waals surface area contributed by atoms with Gasteiger partial charge < -0.3 is 10.2 Å². The van der Waals surface area contributed by atoms with Crippen LogP contribution in [0.15, 0.2) is 54.6 Å². The molecule has 2 heterocycles. The van der Waals surface area contributed by atoms with Gasteiger partial charge in [-0.1, -0.05) is 41.4 Å². The molecule has 0 atom stereocenters. The molecule has 2 N–H and O–H groups in total. The molecule has 1 saturated heterocycles. The summed E-state index contributed by atoms with van der Waals surface area (Å²) in [5.74, 6) is -0.138. The summed E-state index contributed by atoms with van der Waals surface area (Å²) in [6.07, 6.45) is 0. The molecular formula is C23H24ClN5O2. The van der Waals surface area contributed by atoms with Gasteiger partial charge in [-0.05, 0) is 37.3 Å². The average Bonchev–Trinajstić information content (AvgIpc) is 3.26. The van der Waals surface area contributed by atoms with Crippen LogP contribution in [0.1, 0.15) is 16.1 Å². The highest BCUT2D eigenvalue weighted by molar-refractivity contribution is 6.30. The smallest absolute Gasteiger partial charge is 0.271 e. The number of halogens is 1. The SMILES string of the molecule is Cc1ccc(NC(=O)CN2CCN(C(=O)c3cc(-c4ccc(Cl)cc4)n[nH]3)CC2)cc1. The lowest BCUT2D eigenvalue weighted by atomic mass is 10.1. The van der Waals surface area contributed by atoms with Crippen molar-refractivity contribution in [1.82, 2.24) is 20.0 Å². The predicted molar refractivity (Wildman–Crippen MR) is 121 cm³/mol. The van der Waals surface area contributed by atoms with Crippen LogP contribution in [0.25, 0.3) is 11.3 Å². The lowest BCUT2D eigenvalue weighted by Gasteiger charge is -2.34. The van der Waals surface area contributed by atoms with Crippen LogP contribution in [0.4, 0.5) is 5.69 Å². The zero-order chi connectivity index (χ0) is 21.8. The quantitative estimate of drug-likeness (QED) is 0.640. The van der Waals surface area contributed by atoms with Crippen molar-refractivity contribution < 1.29 is 9.59 Å². The second kappa shape index (κ2) is 9.32. The highest BCUT2D eigenvalue weighted by Crippen LogP contribution is 2.21. The van der Waals surface area contributed by atoms with Gasteiger partial charge in [-0.2, -0.15) is 5.10 Å². The maximum absolute atomic E-state index is 12.8. The van der Waals surface area contributed by atoms with Crippen molar-refractivity contribution in [2.45, 2.75) is 6.92 Å². The van der Waals surface area contributed by atoms with E-state index in [0.29, 0.717) is 49.1 Å². The average molecular weight is 438 g/mol. The van der Waals surface area contributed by atoms with E-state index in [4.69, 9.17) is 11.6 Å². The predicted octanol–water partition coefficient (Wildman–Crippen LogP) is 3.44. The Balaban J connectivity index is 1.28. The number of carbonyl (C=O) groups excluding carboxylic acids is 2. The van der Waals surface area contributed by atoms with Crippen LogP contribution >= 0.6 is 11.6 Å². The summed E-state index contributed by atoms with van der Waals surface area (Å²) in [5, 5.41) is 10.7. The number of nitrogens with zero attached hydrogens (tertiary/aromatic N) is 3. The lowest BCUT2D eigenvalue weighted by Crippen LogP contribution is -2.50. The molecule has 0 bridgehead atoms. The number of benzene rings is 2. The first-order valence-electron chi connectivity index (χ1n) is 10.2. The molecule has 4 rings (SSSR count). The second-order valence-corrected chi connectivity index (χ2v) is 8.09. The van der Waals surface area contributed by atoms with Crippen LogP contribution < -0.4 is 5.32 Å². The van der Waals surface area contributed by atoms with Crippen molar-refractivity contribution in [3.05, 3.63) is 70.9 Å². The van der Waals surface area contributed by atoms with E-state index in [-0.39, 0.29) is 11.8 Å². The Morgan fingerprint density at radius 1 is 1.03 bits per heavy atom. The normalized spacial score (nSPS) is 14.5. The van der Waals surface area contributed by atoms with Crippen molar-refractivity contribution in [3.8, 4) is 11.3 Å². The van der Waals surface area contributed by atoms with Gasteiger partial charge in [0, 0.05) is 42.5 Å². The van der Waals surface area contributed by atoms with E-state index in [9.17, 15) is 9.59 Å². The minimum Gasteiger partial charge on any atom is -0.335 e. The number of aromatic nitrogens is 2. The van der Waals surface area contributed by atoms with E-state index in [1.807, 2.05) is 43.3 Å². The molecule has 8 heteroatoms. The fourth-order valence-corrected chi connectivity index (χ4v) is 3.65. The number of H-pyrrole nitrogens is 1. The number of rotatable bonds is 5. The molecular weight excluding hydrogens is 414 g/mol. The number of hydrogen-bond donors (Lipinski definition) is 2. The Morgan fingerprint density at radius 3 is 2.39 bits per heavy atom. The highest BCUT2D eigenvalue weighted by atomic mass is 35.5. The van der Waals surface area contributed by atoms with Crippen molar-refractivity contribution in [2.75, 3.05) is 38.0 Å². The van der Waals surface area contributed by atoms with Gasteiger partial charge >= 0.3 is 0 Å². The Kier molecular flexibility index (Phi) is 6.34. The van der Waals surface area contributed by atoms with Gasteiger partial charge in [0.1, 0.15) is 5.69 Å². The standard InChI is InChI=1S/C23H24ClN5O2/c1-16-2-8-19(9-3-16)25-22(30)15-28-10-12-29(13-11-28)23(31)21-14-20(26-27-21)17-4-6-18(24)7-5-17/h2-9,14H,10-13,15H2,1H3,(H,25,30)(H,26,27). The van der Waals surface area contributed by atoms with Crippen LogP contribution in [0.2, 0.25) is 5.02 Å². The third-order valence-corrected chi connectivity index (χ3v) is 5.56. The number of nitrogens with one attached hydrogen (secondary N) is 2. The van der Waals surface area contributed by atoms with Crippen molar-refractivity contribution in [1.29, 1.82) is 0 Å². The van der Waals surface area contributed by atoms with Crippen LogP contribution in [0.5, 0.6) is 0 Å². The maximum Gasteiger partial charge on any atom is 0.271 e. The van der Waals surface area contributed by atoms with Crippen LogP contribution in [0.3, 0.4) is 0 Å². The Hall–Kier alpha value is -3.16. The fourth-order valence-electron chi connectivity index (χ4n) is 3.52. The van der Waals surface area contributed by atoms with Crippen LogP contribution in [0, 0.1) is 6.92 Å². The molecule has 2 amide bonds. The molecule has 0 saturated carbocycles. The summed E-state index contributed by atoms with van der Waals surface area (Å²) >= 11 is 5.93. The van der Waals surface area contributed by atoms with Gasteiger partial charge in [-0.3, -0.25) is 19.6 Å². The first kappa shape index (κ1) is 21.1. The molecule has 160 valence electrons. The lowest BCUT2D eigenvalue weighted by molar-refractivity contribution is -0.117. The molecule has 1 aromatic heterocycles. The highest BCUT2D eigenvalue weighted by Gasteiger charge is 2.24. The van der Waals surface area contributed by atoms with Crippen LogP contribution in [-0.4, -0.2) is 64.5 Å². The summed E-state index contributed by atoms with van der Waals surface area (Å²) in [6.45, 7) is 4.73. The van der Waals surface area contributed by atoms with Gasteiger partial charge in [-0.25, -0.2) is 0 Å². The minimum absolute atomic E-state index is 0.0511. The summed E-state index contributed by atoms with van der Waals surface area (Å²) in [6, 6.07) is 16.8. The summed E-state index contributed by atoms with van der Waals surface area (Å²) < 4.78 is 0. The van der Waals surface area contributed by atoms with Crippen molar-refractivity contribution >= 4 is 29.1 Å². The molecule has 1 aliphatic heterocycles. The van der Waals surface area contributed by atoms with E-state index < -0.39 is 0 Å². The summed E-state index contributed by atoms with van der Waals surface area (Å²) in [4.78, 5) is 29.0. The monoisotopic (exact) mass is 437 g/mol. The van der Waals surface area contributed by atoms with E-state index in [1.54, 1.807) is 23.1 Å². The third kappa shape index (κ3) is 5.31. The molecule has 3 aromatic rings. The number of amides is 2. The van der Waals surface area contributed by atoms with Gasteiger partial charge in [0.2, 0.25) is 5.91 Å². The number of piperazine rings is 1. The number of aryl methyl sites for hydroxylation is 1. The number of carbonyl (C=O) groups is 2.